The molecule has 4 fully saturated rings. The van der Waals surface area contributed by atoms with Crippen LogP contribution in [0.1, 0.15) is 0 Å². The first kappa shape index (κ1) is 37.0. The van der Waals surface area contributed by atoms with Gasteiger partial charge in [-0.1, -0.05) is 0 Å². The van der Waals surface area contributed by atoms with E-state index < -0.39 is 149 Å². The third-order valence-corrected chi connectivity index (χ3v) is 8.29. The molecular formula is C24H42O21. The van der Waals surface area contributed by atoms with Crippen LogP contribution in [0.15, 0.2) is 0 Å². The number of hydrogen-bond donors (Lipinski definition) is 14. The van der Waals surface area contributed by atoms with Crippen molar-refractivity contribution in [1.29, 1.82) is 0 Å². The van der Waals surface area contributed by atoms with E-state index in [1.54, 1.807) is 0 Å². The molecule has 1 unspecified atom stereocenters. The first-order valence-corrected chi connectivity index (χ1v) is 14.1. The number of ether oxygens (including phenoxy) is 7. The molecule has 0 aromatic carbocycles. The molecule has 0 aliphatic carbocycles. The highest BCUT2D eigenvalue weighted by Gasteiger charge is 2.59. The smallest absolute Gasteiger partial charge is 0.224 e. The van der Waals surface area contributed by atoms with Gasteiger partial charge in [0.1, 0.15) is 98.2 Å². The number of aliphatic hydroxyl groups is 14. The number of rotatable bonds is 11. The molecule has 21 nitrogen and oxygen atoms in total. The second kappa shape index (κ2) is 15.1. The maximum absolute atomic E-state index is 10.9. The predicted molar refractivity (Wildman–Crippen MR) is 134 cm³/mol. The van der Waals surface area contributed by atoms with Crippen LogP contribution in [0.3, 0.4) is 0 Å². The van der Waals surface area contributed by atoms with E-state index in [2.05, 4.69) is 0 Å². The van der Waals surface area contributed by atoms with Gasteiger partial charge in [-0.05, 0) is 0 Å². The Morgan fingerprint density at radius 1 is 0.444 bits per heavy atom. The molecule has 4 aliphatic heterocycles. The third-order valence-electron chi connectivity index (χ3n) is 8.29. The Morgan fingerprint density at radius 2 is 0.867 bits per heavy atom. The molecule has 14 N–H and O–H groups in total. The Bertz CT molecular complexity index is 927. The monoisotopic (exact) mass is 666 g/mol. The van der Waals surface area contributed by atoms with E-state index in [1.165, 1.54) is 0 Å². The van der Waals surface area contributed by atoms with Gasteiger partial charge < -0.3 is 105 Å². The zero-order valence-corrected chi connectivity index (χ0v) is 23.5. The lowest BCUT2D eigenvalue weighted by Gasteiger charge is -2.48. The zero-order chi connectivity index (χ0) is 33.4. The topological polar surface area (TPSA) is 348 Å². The van der Waals surface area contributed by atoms with E-state index in [0.717, 1.165) is 0 Å². The van der Waals surface area contributed by atoms with E-state index in [9.17, 15) is 71.5 Å². The van der Waals surface area contributed by atoms with Gasteiger partial charge in [-0.15, -0.1) is 0 Å². The molecule has 4 aliphatic rings. The lowest BCUT2D eigenvalue weighted by molar-refractivity contribution is -0.402. The van der Waals surface area contributed by atoms with Crippen LogP contribution in [0.5, 0.6) is 0 Å². The maximum atomic E-state index is 10.9. The molecule has 0 spiro atoms. The van der Waals surface area contributed by atoms with E-state index in [0.29, 0.717) is 0 Å². The summed E-state index contributed by atoms with van der Waals surface area (Å²) in [5, 5.41) is 142. The van der Waals surface area contributed by atoms with E-state index in [1.807, 2.05) is 0 Å². The second-order valence-corrected chi connectivity index (χ2v) is 11.2. The van der Waals surface area contributed by atoms with Crippen molar-refractivity contribution in [2.45, 2.75) is 116 Å². The second-order valence-electron chi connectivity index (χ2n) is 11.2. The average Bonchev–Trinajstić information content (AvgIpc) is 3.28. The SMILES string of the molecule is OC[C@H]1O[C@@](CO)(O[C@H]2O[C@H](CO)[C@@H](OC3O[C@H](CO)[C@@H](O[C@H]4O[C@H](CO)[C@@H](O)[C@H](O)[C@H]4O)[C@H](O)[C@H]3O)[C@H](O)[C@H]2O)[C@@H](O)[C@@H]1O. The fraction of sp³-hybridized carbons (Fsp3) is 1.00. The van der Waals surface area contributed by atoms with E-state index in [4.69, 9.17) is 33.2 Å². The van der Waals surface area contributed by atoms with Gasteiger partial charge in [0.15, 0.2) is 18.9 Å². The highest BCUT2D eigenvalue weighted by Crippen LogP contribution is 2.37. The van der Waals surface area contributed by atoms with Crippen LogP contribution in [0.25, 0.3) is 0 Å². The summed E-state index contributed by atoms with van der Waals surface area (Å²) >= 11 is 0. The molecular weight excluding hydrogens is 624 g/mol. The molecule has 0 radical (unpaired) electrons. The van der Waals surface area contributed by atoms with Crippen molar-refractivity contribution in [1.82, 2.24) is 0 Å². The fourth-order valence-electron chi connectivity index (χ4n) is 5.61. The van der Waals surface area contributed by atoms with Crippen LogP contribution in [-0.4, -0.2) is 221 Å². The summed E-state index contributed by atoms with van der Waals surface area (Å²) in [6, 6.07) is 0. The van der Waals surface area contributed by atoms with Gasteiger partial charge in [0, 0.05) is 0 Å². The van der Waals surface area contributed by atoms with Crippen molar-refractivity contribution in [3.63, 3.8) is 0 Å². The zero-order valence-electron chi connectivity index (χ0n) is 23.5. The van der Waals surface area contributed by atoms with E-state index in [-0.39, 0.29) is 0 Å². The van der Waals surface area contributed by atoms with Gasteiger partial charge in [0.25, 0.3) is 0 Å². The maximum Gasteiger partial charge on any atom is 0.224 e. The molecule has 0 aromatic heterocycles. The number of hydrogen-bond acceptors (Lipinski definition) is 21. The van der Waals surface area contributed by atoms with Gasteiger partial charge in [-0.2, -0.15) is 0 Å². The van der Waals surface area contributed by atoms with E-state index >= 15 is 0 Å². The molecule has 4 rings (SSSR count). The minimum absolute atomic E-state index is 0.784. The molecule has 45 heavy (non-hydrogen) atoms. The minimum atomic E-state index is -2.43. The Morgan fingerprint density at radius 3 is 1.31 bits per heavy atom. The fourth-order valence-corrected chi connectivity index (χ4v) is 5.61. The van der Waals surface area contributed by atoms with Gasteiger partial charge in [0.2, 0.25) is 5.79 Å². The molecule has 0 aromatic rings. The Labute approximate surface area is 254 Å². The van der Waals surface area contributed by atoms with Gasteiger partial charge in [0.05, 0.1) is 26.4 Å². The third kappa shape index (κ3) is 7.01. The molecule has 4 heterocycles. The van der Waals surface area contributed by atoms with Gasteiger partial charge >= 0.3 is 0 Å². The van der Waals surface area contributed by atoms with Crippen molar-refractivity contribution < 1.29 is 105 Å². The standard InChI is InChI=1S/C24H42O21/c25-1-6-10(30)12(32)15(35)21(39-6)42-18-8(3-27)40-22(16(36)13(18)33)43-19-9(4-28)41-23(17(37)14(19)34)45-24(5-29)20(38)11(31)7(2-26)44-24/h6-23,25-38H,1-5H2/t6-,7-,8-,9-,10-,11-,12+,13-,14-,15-,16-,17-,18-,19-,20+,21-,22?,23-,24+/m1/s1. The lowest BCUT2D eigenvalue weighted by Crippen LogP contribution is -2.67. The molecule has 19 atom stereocenters. The molecule has 0 bridgehead atoms. The molecule has 264 valence electrons. The Kier molecular flexibility index (Phi) is 12.5. The summed E-state index contributed by atoms with van der Waals surface area (Å²) in [6.07, 6.45) is -32.1. The summed E-state index contributed by atoms with van der Waals surface area (Å²) < 4.78 is 37.9. The first-order chi connectivity index (χ1) is 21.3. The van der Waals surface area contributed by atoms with Crippen LogP contribution < -0.4 is 0 Å². The van der Waals surface area contributed by atoms with Crippen molar-refractivity contribution >= 4 is 0 Å². The summed E-state index contributed by atoms with van der Waals surface area (Å²) in [6.45, 7) is -4.50. The normalized spacial score (nSPS) is 52.7. The van der Waals surface area contributed by atoms with Crippen LogP contribution in [-0.2, 0) is 33.2 Å². The van der Waals surface area contributed by atoms with Crippen LogP contribution in [0, 0.1) is 0 Å². The Balaban J connectivity index is 1.45. The van der Waals surface area contributed by atoms with Crippen LogP contribution >= 0.6 is 0 Å². The lowest BCUT2D eigenvalue weighted by atomic mass is 9.96. The van der Waals surface area contributed by atoms with Crippen molar-refractivity contribution in [3.05, 3.63) is 0 Å². The predicted octanol–water partition coefficient (Wildman–Crippen LogP) is -9.75. The minimum Gasteiger partial charge on any atom is -0.394 e. The molecule has 0 amide bonds. The first-order valence-electron chi connectivity index (χ1n) is 14.1. The van der Waals surface area contributed by atoms with Gasteiger partial charge in [-0.3, -0.25) is 0 Å². The summed E-state index contributed by atoms with van der Waals surface area (Å²) in [7, 11) is 0. The largest absolute Gasteiger partial charge is 0.394 e. The van der Waals surface area contributed by atoms with Gasteiger partial charge in [-0.25, -0.2) is 0 Å². The molecule has 21 heteroatoms. The summed E-state index contributed by atoms with van der Waals surface area (Å²) in [5.74, 6) is -2.43. The summed E-state index contributed by atoms with van der Waals surface area (Å²) in [4.78, 5) is 0. The highest BCUT2D eigenvalue weighted by molar-refractivity contribution is 5.00. The van der Waals surface area contributed by atoms with Crippen molar-refractivity contribution in [2.75, 3.05) is 33.0 Å². The average molecular weight is 667 g/mol. The van der Waals surface area contributed by atoms with Crippen LogP contribution in [0.4, 0.5) is 0 Å². The summed E-state index contributed by atoms with van der Waals surface area (Å²) in [5.41, 5.74) is 0. The molecule has 4 saturated heterocycles. The Hall–Kier alpha value is -0.840. The highest BCUT2D eigenvalue weighted by atomic mass is 16.8. The van der Waals surface area contributed by atoms with Crippen molar-refractivity contribution in [2.24, 2.45) is 0 Å². The number of aliphatic hydroxyl groups excluding tert-OH is 14. The van der Waals surface area contributed by atoms with Crippen LogP contribution in [0.2, 0.25) is 0 Å². The quantitative estimate of drug-likeness (QED) is 0.0973. The molecule has 0 saturated carbocycles. The van der Waals surface area contributed by atoms with Crippen molar-refractivity contribution in [3.8, 4) is 0 Å².